The SMILES string of the molecule is CC[C@@H](C)NC(=O)[C@@H](C)N(Cc1ccccc1C)C(=O)CN(c1cc(Cl)ccc1OC)S(=O)(=O)c1ccc(C)c([N+](=O)[O-])c1. The number of hydrogen-bond acceptors (Lipinski definition) is 7. The van der Waals surface area contributed by atoms with Crippen LogP contribution >= 0.6 is 11.6 Å². The van der Waals surface area contributed by atoms with Crippen LogP contribution in [0.1, 0.15) is 43.9 Å². The predicted molar refractivity (Wildman–Crippen MR) is 169 cm³/mol. The first kappa shape index (κ1) is 34.3. The lowest BCUT2D eigenvalue weighted by Gasteiger charge is -2.33. The van der Waals surface area contributed by atoms with Crippen molar-refractivity contribution in [2.75, 3.05) is 18.0 Å². The van der Waals surface area contributed by atoms with Gasteiger partial charge in [-0.25, -0.2) is 8.42 Å². The number of rotatable bonds is 13. The smallest absolute Gasteiger partial charge is 0.273 e. The summed E-state index contributed by atoms with van der Waals surface area (Å²) in [6.45, 7) is 7.98. The molecule has 3 rings (SSSR count). The van der Waals surface area contributed by atoms with Gasteiger partial charge < -0.3 is 15.0 Å². The van der Waals surface area contributed by atoms with E-state index in [1.165, 1.54) is 49.3 Å². The Morgan fingerprint density at radius 3 is 2.34 bits per heavy atom. The number of hydrogen-bond donors (Lipinski definition) is 1. The van der Waals surface area contributed by atoms with Gasteiger partial charge in [0.25, 0.3) is 15.7 Å². The molecule has 3 aromatic carbocycles. The van der Waals surface area contributed by atoms with Crippen molar-refractivity contribution in [2.45, 2.75) is 64.6 Å². The van der Waals surface area contributed by atoms with Crippen LogP contribution in [0.4, 0.5) is 11.4 Å². The number of nitro groups is 1. The van der Waals surface area contributed by atoms with E-state index < -0.39 is 49.9 Å². The van der Waals surface area contributed by atoms with Crippen LogP contribution in [0, 0.1) is 24.0 Å². The van der Waals surface area contributed by atoms with Crippen LogP contribution in [0.25, 0.3) is 0 Å². The van der Waals surface area contributed by atoms with Gasteiger partial charge in [0.1, 0.15) is 18.3 Å². The number of amides is 2. The highest BCUT2D eigenvalue weighted by molar-refractivity contribution is 7.92. The highest BCUT2D eigenvalue weighted by Gasteiger charge is 2.35. The molecule has 0 saturated carbocycles. The molecule has 0 aliphatic heterocycles. The molecule has 0 fully saturated rings. The summed E-state index contributed by atoms with van der Waals surface area (Å²) in [4.78, 5) is 39.3. The number of benzene rings is 3. The molecule has 44 heavy (non-hydrogen) atoms. The number of nitro benzene ring substituents is 1. The van der Waals surface area contributed by atoms with Gasteiger partial charge in [0.2, 0.25) is 11.8 Å². The summed E-state index contributed by atoms with van der Waals surface area (Å²) in [5.74, 6) is -0.988. The zero-order valence-corrected chi connectivity index (χ0v) is 27.1. The third kappa shape index (κ3) is 7.86. The maximum atomic E-state index is 14.2. The van der Waals surface area contributed by atoms with Crippen LogP contribution in [0.3, 0.4) is 0 Å². The Morgan fingerprint density at radius 1 is 1.05 bits per heavy atom. The molecule has 0 aliphatic rings. The number of nitrogens with one attached hydrogen (secondary N) is 1. The van der Waals surface area contributed by atoms with Crippen molar-refractivity contribution in [1.82, 2.24) is 10.2 Å². The van der Waals surface area contributed by atoms with Gasteiger partial charge in [-0.3, -0.25) is 24.0 Å². The van der Waals surface area contributed by atoms with Crippen molar-refractivity contribution < 1.29 is 27.7 Å². The first-order chi connectivity index (χ1) is 20.7. The van der Waals surface area contributed by atoms with Gasteiger partial charge in [0.15, 0.2) is 0 Å². The monoisotopic (exact) mass is 644 g/mol. The van der Waals surface area contributed by atoms with Crippen molar-refractivity contribution in [3.8, 4) is 5.75 Å². The normalized spacial score (nSPS) is 12.6. The molecule has 0 aromatic heterocycles. The number of halogens is 1. The Hall–Kier alpha value is -4.16. The van der Waals surface area contributed by atoms with Gasteiger partial charge in [-0.15, -0.1) is 0 Å². The van der Waals surface area contributed by atoms with E-state index in [2.05, 4.69) is 5.32 Å². The minimum atomic E-state index is -4.61. The molecule has 0 bridgehead atoms. The van der Waals surface area contributed by atoms with Gasteiger partial charge in [-0.05, 0) is 69.5 Å². The predicted octanol–water partition coefficient (Wildman–Crippen LogP) is 5.40. The molecule has 236 valence electrons. The van der Waals surface area contributed by atoms with Crippen LogP contribution < -0.4 is 14.4 Å². The third-order valence-corrected chi connectivity index (χ3v) is 9.41. The van der Waals surface area contributed by atoms with E-state index in [1.807, 2.05) is 45.0 Å². The second-order valence-electron chi connectivity index (χ2n) is 10.5. The summed E-state index contributed by atoms with van der Waals surface area (Å²) in [5.41, 5.74) is 1.47. The molecule has 11 nitrogen and oxygen atoms in total. The molecule has 13 heteroatoms. The first-order valence-electron chi connectivity index (χ1n) is 14.0. The lowest BCUT2D eigenvalue weighted by molar-refractivity contribution is -0.385. The minimum Gasteiger partial charge on any atom is -0.495 e. The number of aryl methyl sites for hydroxylation is 2. The lowest BCUT2D eigenvalue weighted by Crippen LogP contribution is -2.52. The maximum Gasteiger partial charge on any atom is 0.273 e. The summed E-state index contributed by atoms with van der Waals surface area (Å²) < 4.78 is 34.7. The zero-order valence-electron chi connectivity index (χ0n) is 25.5. The van der Waals surface area contributed by atoms with Crippen molar-refractivity contribution in [3.05, 3.63) is 92.5 Å². The maximum absolute atomic E-state index is 14.2. The van der Waals surface area contributed by atoms with Crippen molar-refractivity contribution in [2.24, 2.45) is 0 Å². The molecule has 0 radical (unpaired) electrons. The summed E-state index contributed by atoms with van der Waals surface area (Å²) in [6, 6.07) is 14.0. The standard InChI is InChI=1S/C31H37ClN4O7S/c1-7-22(4)33-31(38)23(5)34(18-24-11-9-8-10-20(24)2)30(37)19-35(28-16-25(32)13-15-29(28)43-6)44(41,42)26-14-12-21(3)27(17-26)36(39)40/h8-17,22-23H,7,18-19H2,1-6H3,(H,33,38)/t22-,23-/m1/s1. The fourth-order valence-electron chi connectivity index (χ4n) is 4.46. The molecular formula is C31H37ClN4O7S. The number of carbonyl (C=O) groups is 2. The minimum absolute atomic E-state index is 0.0250. The Bertz CT molecular complexity index is 1650. The van der Waals surface area contributed by atoms with Crippen LogP contribution in [-0.4, -0.2) is 55.8 Å². The van der Waals surface area contributed by atoms with Crippen molar-refractivity contribution >= 4 is 44.8 Å². The largest absolute Gasteiger partial charge is 0.495 e. The average Bonchev–Trinajstić information content (AvgIpc) is 2.98. The van der Waals surface area contributed by atoms with Gasteiger partial charge in [-0.1, -0.05) is 48.9 Å². The quantitative estimate of drug-likeness (QED) is 0.194. The molecule has 0 spiro atoms. The average molecular weight is 645 g/mol. The lowest BCUT2D eigenvalue weighted by atomic mass is 10.1. The van der Waals surface area contributed by atoms with E-state index in [4.69, 9.17) is 16.3 Å². The number of nitrogens with zero attached hydrogens (tertiary/aromatic N) is 3. The van der Waals surface area contributed by atoms with Crippen LogP contribution in [0.5, 0.6) is 5.75 Å². The fourth-order valence-corrected chi connectivity index (χ4v) is 6.07. The Balaban J connectivity index is 2.17. The Kier molecular flexibility index (Phi) is 11.3. The first-order valence-corrected chi connectivity index (χ1v) is 15.8. The summed E-state index contributed by atoms with van der Waals surface area (Å²) in [6.07, 6.45) is 0.674. The number of ether oxygens (including phenoxy) is 1. The molecule has 0 unspecified atom stereocenters. The highest BCUT2D eigenvalue weighted by Crippen LogP contribution is 2.36. The van der Waals surface area contributed by atoms with E-state index >= 15 is 0 Å². The van der Waals surface area contributed by atoms with E-state index in [0.717, 1.165) is 21.5 Å². The zero-order chi connectivity index (χ0) is 32.8. The van der Waals surface area contributed by atoms with E-state index in [0.29, 0.717) is 6.42 Å². The van der Waals surface area contributed by atoms with Crippen LogP contribution in [0.15, 0.2) is 65.6 Å². The fraction of sp³-hybridized carbons (Fsp3) is 0.355. The molecule has 0 saturated heterocycles. The van der Waals surface area contributed by atoms with E-state index in [9.17, 15) is 28.1 Å². The molecule has 0 aliphatic carbocycles. The molecule has 2 atom stereocenters. The number of carbonyl (C=O) groups excluding carboxylic acids is 2. The second-order valence-corrected chi connectivity index (χ2v) is 12.8. The molecule has 0 heterocycles. The molecule has 1 N–H and O–H groups in total. The summed E-state index contributed by atoms with van der Waals surface area (Å²) >= 11 is 6.26. The van der Waals surface area contributed by atoms with Crippen LogP contribution in [-0.2, 0) is 26.2 Å². The number of anilines is 1. The highest BCUT2D eigenvalue weighted by atomic mass is 35.5. The van der Waals surface area contributed by atoms with E-state index in [1.54, 1.807) is 6.92 Å². The van der Waals surface area contributed by atoms with Crippen LogP contribution in [0.2, 0.25) is 5.02 Å². The van der Waals surface area contributed by atoms with Gasteiger partial charge in [0.05, 0.1) is 22.6 Å². The molecule has 2 amide bonds. The van der Waals surface area contributed by atoms with E-state index in [-0.39, 0.29) is 34.6 Å². The third-order valence-electron chi connectivity index (χ3n) is 7.42. The van der Waals surface area contributed by atoms with Crippen molar-refractivity contribution in [3.63, 3.8) is 0 Å². The van der Waals surface area contributed by atoms with Gasteiger partial charge in [-0.2, -0.15) is 0 Å². The Morgan fingerprint density at radius 2 is 1.73 bits per heavy atom. The summed E-state index contributed by atoms with van der Waals surface area (Å²) in [7, 11) is -3.28. The Labute approximate surface area is 263 Å². The van der Waals surface area contributed by atoms with Gasteiger partial charge >= 0.3 is 0 Å². The number of sulfonamides is 1. The molecule has 3 aromatic rings. The second kappa shape index (κ2) is 14.5. The van der Waals surface area contributed by atoms with Crippen molar-refractivity contribution in [1.29, 1.82) is 0 Å². The summed E-state index contributed by atoms with van der Waals surface area (Å²) in [5, 5.41) is 14.7. The number of methoxy groups -OCH3 is 1. The molecular weight excluding hydrogens is 608 g/mol. The topological polar surface area (TPSA) is 139 Å². The van der Waals surface area contributed by atoms with Gasteiger partial charge in [0, 0.05) is 29.2 Å².